The Labute approximate surface area is 102 Å². The van der Waals surface area contributed by atoms with Gasteiger partial charge in [-0.15, -0.1) is 0 Å². The van der Waals surface area contributed by atoms with Gasteiger partial charge in [-0.2, -0.15) is 0 Å². The molecule has 0 saturated carbocycles. The summed E-state index contributed by atoms with van der Waals surface area (Å²) in [5.41, 5.74) is 7.63. The second-order valence-corrected chi connectivity index (χ2v) is 4.15. The molecule has 0 heterocycles. The lowest BCUT2D eigenvalue weighted by Crippen LogP contribution is -2.27. The highest BCUT2D eigenvalue weighted by molar-refractivity contribution is 5.55. The average Bonchev–Trinajstić information content (AvgIpc) is 2.31. The van der Waals surface area contributed by atoms with Crippen molar-refractivity contribution in [2.45, 2.75) is 26.3 Å². The van der Waals surface area contributed by atoms with E-state index in [0.29, 0.717) is 6.42 Å². The molecule has 4 heteroatoms. The molecular formula is C13H21FN2O. The van der Waals surface area contributed by atoms with Crippen LogP contribution >= 0.6 is 0 Å². The van der Waals surface area contributed by atoms with Crippen LogP contribution in [0.4, 0.5) is 10.1 Å². The predicted octanol–water partition coefficient (Wildman–Crippen LogP) is 2.05. The predicted molar refractivity (Wildman–Crippen MR) is 68.6 cm³/mol. The molecule has 0 amide bonds. The van der Waals surface area contributed by atoms with Crippen molar-refractivity contribution < 1.29 is 9.50 Å². The van der Waals surface area contributed by atoms with Gasteiger partial charge in [0.1, 0.15) is 5.82 Å². The Hall–Kier alpha value is -1.13. The molecule has 96 valence electrons. The number of rotatable bonds is 6. The zero-order chi connectivity index (χ0) is 12.8. The van der Waals surface area contributed by atoms with Gasteiger partial charge in [-0.1, -0.05) is 0 Å². The number of benzene rings is 1. The summed E-state index contributed by atoms with van der Waals surface area (Å²) in [6, 6.07) is 4.49. The van der Waals surface area contributed by atoms with Crippen LogP contribution in [0.15, 0.2) is 18.2 Å². The SMILES string of the molecule is CCN(CCCO)c1ccc(F)cc1[C@H](C)N. The molecule has 1 aromatic rings. The van der Waals surface area contributed by atoms with Crippen LogP contribution in [-0.4, -0.2) is 24.8 Å². The summed E-state index contributed by atoms with van der Waals surface area (Å²) < 4.78 is 13.2. The number of aliphatic hydroxyl groups is 1. The maximum atomic E-state index is 13.2. The van der Waals surface area contributed by atoms with Gasteiger partial charge in [0.15, 0.2) is 0 Å². The number of aliphatic hydroxyl groups excluding tert-OH is 1. The number of hydrogen-bond acceptors (Lipinski definition) is 3. The minimum Gasteiger partial charge on any atom is -0.396 e. The standard InChI is InChI=1S/C13H21FN2O/c1-3-16(7-4-8-17)13-6-5-11(14)9-12(13)10(2)15/h5-6,9-10,17H,3-4,7-8,15H2,1-2H3/t10-/m0/s1. The van der Waals surface area contributed by atoms with Crippen molar-refractivity contribution in [2.24, 2.45) is 5.73 Å². The van der Waals surface area contributed by atoms with Gasteiger partial charge in [0, 0.05) is 31.4 Å². The van der Waals surface area contributed by atoms with Crippen molar-refractivity contribution in [1.29, 1.82) is 0 Å². The molecule has 3 N–H and O–H groups in total. The number of anilines is 1. The Kier molecular flexibility index (Phi) is 5.38. The van der Waals surface area contributed by atoms with Crippen molar-refractivity contribution in [3.8, 4) is 0 Å². The Balaban J connectivity index is 3.00. The van der Waals surface area contributed by atoms with E-state index < -0.39 is 0 Å². The monoisotopic (exact) mass is 240 g/mol. The first kappa shape index (κ1) is 13.9. The minimum atomic E-state index is -0.265. The number of halogens is 1. The molecule has 1 atom stereocenters. The number of nitrogens with two attached hydrogens (primary N) is 1. The number of hydrogen-bond donors (Lipinski definition) is 2. The topological polar surface area (TPSA) is 49.5 Å². The van der Waals surface area contributed by atoms with Crippen molar-refractivity contribution in [1.82, 2.24) is 0 Å². The maximum absolute atomic E-state index is 13.2. The molecule has 0 aliphatic heterocycles. The van der Waals surface area contributed by atoms with Crippen LogP contribution in [-0.2, 0) is 0 Å². The van der Waals surface area contributed by atoms with Gasteiger partial charge in [-0.05, 0) is 44.0 Å². The smallest absolute Gasteiger partial charge is 0.123 e. The molecule has 1 aromatic carbocycles. The Morgan fingerprint density at radius 2 is 2.18 bits per heavy atom. The first-order valence-electron chi connectivity index (χ1n) is 6.01. The molecule has 0 aromatic heterocycles. The molecule has 0 radical (unpaired) electrons. The summed E-state index contributed by atoms with van der Waals surface area (Å²) in [5, 5.41) is 8.87. The Bertz CT molecular complexity index is 355. The second kappa shape index (κ2) is 6.57. The molecule has 1 rings (SSSR count). The summed E-state index contributed by atoms with van der Waals surface area (Å²) in [4.78, 5) is 2.11. The highest BCUT2D eigenvalue weighted by Crippen LogP contribution is 2.26. The third-order valence-corrected chi connectivity index (χ3v) is 2.79. The fourth-order valence-corrected chi connectivity index (χ4v) is 1.89. The van der Waals surface area contributed by atoms with Crippen LogP contribution < -0.4 is 10.6 Å². The molecule has 0 unspecified atom stereocenters. The summed E-state index contributed by atoms with van der Waals surface area (Å²) in [6.07, 6.45) is 0.698. The van der Waals surface area contributed by atoms with Gasteiger partial charge in [0.2, 0.25) is 0 Å². The third-order valence-electron chi connectivity index (χ3n) is 2.79. The molecule has 0 aliphatic rings. The van der Waals surface area contributed by atoms with E-state index in [0.717, 1.165) is 24.3 Å². The fraction of sp³-hybridized carbons (Fsp3) is 0.538. The first-order valence-corrected chi connectivity index (χ1v) is 6.01. The van der Waals surface area contributed by atoms with E-state index in [1.165, 1.54) is 12.1 Å². The van der Waals surface area contributed by atoms with Gasteiger partial charge in [-0.25, -0.2) is 4.39 Å². The molecule has 0 spiro atoms. The van der Waals surface area contributed by atoms with Crippen LogP contribution in [0.1, 0.15) is 31.9 Å². The Morgan fingerprint density at radius 1 is 1.47 bits per heavy atom. The normalized spacial score (nSPS) is 12.5. The van der Waals surface area contributed by atoms with Gasteiger partial charge < -0.3 is 15.7 Å². The van der Waals surface area contributed by atoms with Gasteiger partial charge >= 0.3 is 0 Å². The van der Waals surface area contributed by atoms with Gasteiger partial charge in [-0.3, -0.25) is 0 Å². The molecule has 0 fully saturated rings. The van der Waals surface area contributed by atoms with E-state index in [9.17, 15) is 4.39 Å². The van der Waals surface area contributed by atoms with Crippen LogP contribution in [0.5, 0.6) is 0 Å². The van der Waals surface area contributed by atoms with Crippen LogP contribution in [0.25, 0.3) is 0 Å². The van der Waals surface area contributed by atoms with E-state index in [2.05, 4.69) is 4.90 Å². The zero-order valence-electron chi connectivity index (χ0n) is 10.5. The van der Waals surface area contributed by atoms with E-state index in [-0.39, 0.29) is 18.5 Å². The van der Waals surface area contributed by atoms with Crippen molar-refractivity contribution in [2.75, 3.05) is 24.6 Å². The maximum Gasteiger partial charge on any atom is 0.123 e. The van der Waals surface area contributed by atoms with Crippen molar-refractivity contribution >= 4 is 5.69 Å². The van der Waals surface area contributed by atoms with Crippen molar-refractivity contribution in [3.05, 3.63) is 29.6 Å². The molecule has 3 nitrogen and oxygen atoms in total. The minimum absolute atomic E-state index is 0.158. The summed E-state index contributed by atoms with van der Waals surface area (Å²) in [6.45, 7) is 5.60. The quantitative estimate of drug-likeness (QED) is 0.800. The van der Waals surface area contributed by atoms with Gasteiger partial charge in [0.05, 0.1) is 0 Å². The number of nitrogens with zero attached hydrogens (tertiary/aromatic N) is 1. The van der Waals surface area contributed by atoms with Gasteiger partial charge in [0.25, 0.3) is 0 Å². The van der Waals surface area contributed by atoms with E-state index >= 15 is 0 Å². The highest BCUT2D eigenvalue weighted by atomic mass is 19.1. The lowest BCUT2D eigenvalue weighted by molar-refractivity contribution is 0.289. The highest BCUT2D eigenvalue weighted by Gasteiger charge is 2.13. The molecule has 17 heavy (non-hydrogen) atoms. The lowest BCUT2D eigenvalue weighted by Gasteiger charge is -2.26. The van der Waals surface area contributed by atoms with Crippen molar-refractivity contribution in [3.63, 3.8) is 0 Å². The molecule has 0 aliphatic carbocycles. The molecule has 0 bridgehead atoms. The first-order chi connectivity index (χ1) is 8.10. The summed E-state index contributed by atoms with van der Waals surface area (Å²) in [7, 11) is 0. The summed E-state index contributed by atoms with van der Waals surface area (Å²) >= 11 is 0. The van der Waals surface area contributed by atoms with Crippen LogP contribution in [0.2, 0.25) is 0 Å². The third kappa shape index (κ3) is 3.68. The van der Waals surface area contributed by atoms with Crippen LogP contribution in [0.3, 0.4) is 0 Å². The zero-order valence-corrected chi connectivity index (χ0v) is 10.5. The Morgan fingerprint density at radius 3 is 2.71 bits per heavy atom. The largest absolute Gasteiger partial charge is 0.396 e. The second-order valence-electron chi connectivity index (χ2n) is 4.15. The summed E-state index contributed by atoms with van der Waals surface area (Å²) in [5.74, 6) is -0.265. The fourth-order valence-electron chi connectivity index (χ4n) is 1.89. The lowest BCUT2D eigenvalue weighted by atomic mass is 10.1. The van der Waals surface area contributed by atoms with E-state index in [1.54, 1.807) is 6.07 Å². The van der Waals surface area contributed by atoms with Crippen LogP contribution in [0, 0.1) is 5.82 Å². The average molecular weight is 240 g/mol. The molecule has 0 saturated heterocycles. The molecular weight excluding hydrogens is 219 g/mol. The van der Waals surface area contributed by atoms with E-state index in [4.69, 9.17) is 10.8 Å². The van der Waals surface area contributed by atoms with E-state index in [1.807, 2.05) is 13.8 Å².